The van der Waals surface area contributed by atoms with E-state index in [4.69, 9.17) is 14.2 Å². The van der Waals surface area contributed by atoms with Crippen molar-refractivity contribution in [3.63, 3.8) is 0 Å². The summed E-state index contributed by atoms with van der Waals surface area (Å²) in [5.41, 5.74) is 0.397. The summed E-state index contributed by atoms with van der Waals surface area (Å²) in [7, 11) is 0. The lowest BCUT2D eigenvalue weighted by atomic mass is 9.85. The van der Waals surface area contributed by atoms with Crippen LogP contribution < -0.4 is 0 Å². The Kier molecular flexibility index (Phi) is 10.2. The molecule has 1 aromatic rings. The normalized spacial score (nSPS) is 21.0. The van der Waals surface area contributed by atoms with Crippen LogP contribution in [0.25, 0.3) is 0 Å². The smallest absolute Gasteiger partial charge is 0.338 e. The number of thiol groups is 1. The number of esters is 3. The van der Waals surface area contributed by atoms with Gasteiger partial charge in [-0.05, 0) is 63.1 Å². The van der Waals surface area contributed by atoms with Crippen LogP contribution in [-0.4, -0.2) is 48.4 Å². The van der Waals surface area contributed by atoms with E-state index in [2.05, 4.69) is 12.6 Å². The summed E-state index contributed by atoms with van der Waals surface area (Å²) in [6.07, 6.45) is 1.93. The third-order valence-corrected chi connectivity index (χ3v) is 5.28. The van der Waals surface area contributed by atoms with Crippen molar-refractivity contribution in [3.8, 4) is 0 Å². The van der Waals surface area contributed by atoms with Gasteiger partial charge in [-0.3, -0.25) is 9.59 Å². The van der Waals surface area contributed by atoms with Gasteiger partial charge in [-0.2, -0.15) is 0 Å². The highest BCUT2D eigenvalue weighted by atomic mass is 32.1. The molecule has 8 heteroatoms. The molecule has 3 unspecified atom stereocenters. The quantitative estimate of drug-likeness (QED) is 0.250. The monoisotopic (exact) mass is 438 g/mol. The minimum atomic E-state index is -0.796. The number of ether oxygens (including phenoxy) is 3. The Hall–Kier alpha value is -2.06. The lowest BCUT2D eigenvalue weighted by Gasteiger charge is -2.32. The molecule has 0 aromatic heterocycles. The van der Waals surface area contributed by atoms with E-state index in [1.165, 1.54) is 0 Å². The van der Waals surface area contributed by atoms with Gasteiger partial charge >= 0.3 is 17.9 Å². The van der Waals surface area contributed by atoms with Crippen molar-refractivity contribution in [1.82, 2.24) is 0 Å². The molecule has 166 valence electrons. The molecule has 0 amide bonds. The van der Waals surface area contributed by atoms with Crippen molar-refractivity contribution in [2.24, 2.45) is 5.92 Å². The van der Waals surface area contributed by atoms with Gasteiger partial charge in [0.2, 0.25) is 0 Å². The summed E-state index contributed by atoms with van der Waals surface area (Å²) >= 11 is 4.21. The Bertz CT molecular complexity index is 721. The lowest BCUT2D eigenvalue weighted by Crippen LogP contribution is -2.38. The van der Waals surface area contributed by atoms with E-state index in [0.717, 1.165) is 0 Å². The molecule has 0 spiro atoms. The number of aliphatic hydroxyl groups is 1. The number of carbonyl (C=O) groups excluding carboxylic acids is 3. The zero-order valence-corrected chi connectivity index (χ0v) is 18.1. The maximum Gasteiger partial charge on any atom is 0.338 e. The summed E-state index contributed by atoms with van der Waals surface area (Å²) in [6.45, 7) is 2.35. The van der Waals surface area contributed by atoms with Gasteiger partial charge in [0.1, 0.15) is 6.10 Å². The van der Waals surface area contributed by atoms with Gasteiger partial charge in [0.25, 0.3) is 0 Å². The van der Waals surface area contributed by atoms with Crippen molar-refractivity contribution in [1.29, 1.82) is 0 Å². The van der Waals surface area contributed by atoms with Gasteiger partial charge in [0.05, 0.1) is 24.9 Å². The molecule has 30 heavy (non-hydrogen) atoms. The van der Waals surface area contributed by atoms with Gasteiger partial charge in [-0.25, -0.2) is 4.79 Å². The summed E-state index contributed by atoms with van der Waals surface area (Å²) in [4.78, 5) is 36.0. The van der Waals surface area contributed by atoms with Crippen LogP contribution in [0.15, 0.2) is 29.2 Å². The molecular weight excluding hydrogens is 408 g/mol. The predicted molar refractivity (Wildman–Crippen MR) is 112 cm³/mol. The first-order valence-corrected chi connectivity index (χ1v) is 10.8. The minimum absolute atomic E-state index is 0.0270. The number of hydrogen-bond acceptors (Lipinski definition) is 8. The van der Waals surface area contributed by atoms with Gasteiger partial charge in [-0.1, -0.05) is 6.07 Å². The minimum Gasteiger partial charge on any atom is -0.466 e. The molecule has 0 bridgehead atoms. The molecule has 1 aliphatic rings. The van der Waals surface area contributed by atoms with Gasteiger partial charge < -0.3 is 19.3 Å². The van der Waals surface area contributed by atoms with Crippen LogP contribution >= 0.6 is 12.6 Å². The van der Waals surface area contributed by atoms with Crippen LogP contribution in [-0.2, 0) is 23.8 Å². The predicted octanol–water partition coefficient (Wildman–Crippen LogP) is 3.33. The molecule has 1 fully saturated rings. The first-order chi connectivity index (χ1) is 14.4. The highest BCUT2D eigenvalue weighted by Crippen LogP contribution is 2.28. The number of benzene rings is 1. The fourth-order valence-corrected chi connectivity index (χ4v) is 3.61. The van der Waals surface area contributed by atoms with E-state index in [1.54, 1.807) is 31.2 Å². The molecule has 1 N–H and O–H groups in total. The number of rotatable bonds is 10. The second-order valence-corrected chi connectivity index (χ2v) is 7.95. The number of aliphatic hydroxyl groups excluding tert-OH is 1. The van der Waals surface area contributed by atoms with Crippen LogP contribution in [0, 0.1) is 5.92 Å². The Morgan fingerprint density at radius 1 is 1.10 bits per heavy atom. The Morgan fingerprint density at radius 2 is 1.80 bits per heavy atom. The highest BCUT2D eigenvalue weighted by Gasteiger charge is 2.32. The fourth-order valence-electron chi connectivity index (χ4n) is 3.39. The fraction of sp³-hybridized carbons (Fsp3) is 0.591. The van der Waals surface area contributed by atoms with Gasteiger partial charge in [-0.15, -0.1) is 12.6 Å². The molecule has 0 heterocycles. The zero-order valence-electron chi connectivity index (χ0n) is 17.2. The molecular formula is C22H30O7S. The standard InChI is InChI=1S/C22H30O7S/c1-2-27-20(24)8-3-4-9-21(25)28-14-15-10-11-19(18(23)12-15)29-22(26)16-6-5-7-17(30)13-16/h5-7,13,15,18-19,23,30H,2-4,8-12,14H2,1H3. The van der Waals surface area contributed by atoms with Crippen LogP contribution in [0.1, 0.15) is 62.2 Å². The van der Waals surface area contributed by atoms with Crippen LogP contribution in [0.2, 0.25) is 0 Å². The third-order valence-electron chi connectivity index (χ3n) is 5.00. The number of carbonyl (C=O) groups is 3. The Labute approximate surface area is 182 Å². The Morgan fingerprint density at radius 3 is 2.43 bits per heavy atom. The van der Waals surface area contributed by atoms with E-state index >= 15 is 0 Å². The van der Waals surface area contributed by atoms with Crippen molar-refractivity contribution < 1.29 is 33.7 Å². The topological polar surface area (TPSA) is 99.1 Å². The zero-order chi connectivity index (χ0) is 21.9. The molecule has 7 nitrogen and oxygen atoms in total. The third kappa shape index (κ3) is 8.36. The second-order valence-electron chi connectivity index (χ2n) is 7.44. The largest absolute Gasteiger partial charge is 0.466 e. The highest BCUT2D eigenvalue weighted by molar-refractivity contribution is 7.80. The van der Waals surface area contributed by atoms with Crippen molar-refractivity contribution in [3.05, 3.63) is 29.8 Å². The van der Waals surface area contributed by atoms with E-state index < -0.39 is 18.2 Å². The van der Waals surface area contributed by atoms with Crippen LogP contribution in [0.4, 0.5) is 0 Å². The van der Waals surface area contributed by atoms with E-state index in [1.807, 2.05) is 0 Å². The summed E-state index contributed by atoms with van der Waals surface area (Å²) in [6, 6.07) is 6.75. The summed E-state index contributed by atoms with van der Waals surface area (Å²) in [5, 5.41) is 10.3. The van der Waals surface area contributed by atoms with Gasteiger partial charge in [0.15, 0.2) is 0 Å². The molecule has 1 aliphatic carbocycles. The molecule has 0 saturated heterocycles. The number of hydrogen-bond donors (Lipinski definition) is 2. The molecule has 1 saturated carbocycles. The van der Waals surface area contributed by atoms with Gasteiger partial charge in [0, 0.05) is 17.7 Å². The second kappa shape index (κ2) is 12.6. The Balaban J connectivity index is 1.64. The van der Waals surface area contributed by atoms with Crippen LogP contribution in [0.5, 0.6) is 0 Å². The van der Waals surface area contributed by atoms with E-state index in [-0.39, 0.29) is 30.9 Å². The number of unbranched alkanes of at least 4 members (excludes halogenated alkanes) is 1. The van der Waals surface area contributed by atoms with E-state index in [0.29, 0.717) is 55.6 Å². The van der Waals surface area contributed by atoms with Crippen molar-refractivity contribution >= 4 is 30.5 Å². The summed E-state index contributed by atoms with van der Waals surface area (Å²) < 4.78 is 15.6. The first kappa shape index (κ1) is 24.2. The molecule has 0 aliphatic heterocycles. The van der Waals surface area contributed by atoms with E-state index in [9.17, 15) is 19.5 Å². The van der Waals surface area contributed by atoms with Crippen molar-refractivity contribution in [2.45, 2.75) is 69.0 Å². The average Bonchev–Trinajstić information content (AvgIpc) is 2.71. The molecule has 3 atom stereocenters. The van der Waals surface area contributed by atoms with Crippen molar-refractivity contribution in [2.75, 3.05) is 13.2 Å². The SMILES string of the molecule is CCOC(=O)CCCCC(=O)OCC1CCC(OC(=O)c2cccc(S)c2)C(O)C1. The molecule has 0 radical (unpaired) electrons. The molecule has 2 rings (SSSR count). The first-order valence-electron chi connectivity index (χ1n) is 10.4. The average molecular weight is 439 g/mol. The lowest BCUT2D eigenvalue weighted by molar-refractivity contribution is -0.147. The summed E-state index contributed by atoms with van der Waals surface area (Å²) in [5.74, 6) is -1.02. The maximum atomic E-state index is 12.2. The van der Waals surface area contributed by atoms with Crippen LogP contribution in [0.3, 0.4) is 0 Å². The maximum absolute atomic E-state index is 12.2. The molecule has 1 aromatic carbocycles.